The standard InChI is InChI=1S/C16H16Cl2FN/c1-10(2)20-9-12-8-11(6-7-15(12)19)13-4-3-5-14(17)16(13)18/h3-8,10,20H,9H2,1-2H3. The summed E-state index contributed by atoms with van der Waals surface area (Å²) in [5.41, 5.74) is 2.29. The van der Waals surface area contributed by atoms with Crippen LogP contribution >= 0.6 is 23.2 Å². The van der Waals surface area contributed by atoms with Crippen molar-refractivity contribution in [2.45, 2.75) is 26.4 Å². The molecule has 0 saturated carbocycles. The first kappa shape index (κ1) is 15.3. The zero-order chi connectivity index (χ0) is 14.7. The smallest absolute Gasteiger partial charge is 0.127 e. The molecule has 0 aromatic heterocycles. The van der Waals surface area contributed by atoms with E-state index in [0.29, 0.717) is 28.2 Å². The van der Waals surface area contributed by atoms with Crippen LogP contribution in [0.15, 0.2) is 36.4 Å². The van der Waals surface area contributed by atoms with Gasteiger partial charge in [-0.05, 0) is 23.8 Å². The highest BCUT2D eigenvalue weighted by Gasteiger charge is 2.10. The minimum Gasteiger partial charge on any atom is -0.310 e. The quantitative estimate of drug-likeness (QED) is 0.808. The lowest BCUT2D eigenvalue weighted by Gasteiger charge is -2.12. The Balaban J connectivity index is 2.38. The Labute approximate surface area is 128 Å². The topological polar surface area (TPSA) is 12.0 Å². The van der Waals surface area contributed by atoms with Gasteiger partial charge in [0.15, 0.2) is 0 Å². The molecule has 0 atom stereocenters. The summed E-state index contributed by atoms with van der Waals surface area (Å²) < 4.78 is 13.8. The van der Waals surface area contributed by atoms with Crippen molar-refractivity contribution in [3.8, 4) is 11.1 Å². The third kappa shape index (κ3) is 3.51. The number of benzene rings is 2. The first-order valence-corrected chi connectivity index (χ1v) is 7.21. The monoisotopic (exact) mass is 311 g/mol. The first-order chi connectivity index (χ1) is 9.49. The SMILES string of the molecule is CC(C)NCc1cc(-c2cccc(Cl)c2Cl)ccc1F. The van der Waals surface area contributed by atoms with E-state index in [2.05, 4.69) is 5.32 Å². The highest BCUT2D eigenvalue weighted by molar-refractivity contribution is 6.43. The van der Waals surface area contributed by atoms with E-state index < -0.39 is 0 Å². The van der Waals surface area contributed by atoms with Crippen molar-refractivity contribution in [2.24, 2.45) is 0 Å². The summed E-state index contributed by atoms with van der Waals surface area (Å²) in [5, 5.41) is 4.19. The molecule has 2 aromatic rings. The summed E-state index contributed by atoms with van der Waals surface area (Å²) >= 11 is 12.2. The lowest BCUT2D eigenvalue weighted by molar-refractivity contribution is 0.553. The van der Waals surface area contributed by atoms with Gasteiger partial charge < -0.3 is 5.32 Å². The Kier molecular flexibility index (Phi) is 5.03. The van der Waals surface area contributed by atoms with E-state index >= 15 is 0 Å². The maximum absolute atomic E-state index is 13.8. The summed E-state index contributed by atoms with van der Waals surface area (Å²) in [6.07, 6.45) is 0. The van der Waals surface area contributed by atoms with Crippen LogP contribution in [0, 0.1) is 5.82 Å². The lowest BCUT2D eigenvalue weighted by atomic mass is 10.0. The summed E-state index contributed by atoms with van der Waals surface area (Å²) in [7, 11) is 0. The largest absolute Gasteiger partial charge is 0.310 e. The number of halogens is 3. The van der Waals surface area contributed by atoms with Crippen LogP contribution in [-0.2, 0) is 6.54 Å². The summed E-state index contributed by atoms with van der Waals surface area (Å²) in [6.45, 7) is 4.53. The van der Waals surface area contributed by atoms with E-state index in [-0.39, 0.29) is 5.82 Å². The second-order valence-electron chi connectivity index (χ2n) is 4.94. The third-order valence-electron chi connectivity index (χ3n) is 3.01. The summed E-state index contributed by atoms with van der Waals surface area (Å²) in [6, 6.07) is 10.7. The molecule has 106 valence electrons. The fraction of sp³-hybridized carbons (Fsp3) is 0.250. The maximum atomic E-state index is 13.8. The molecule has 2 rings (SSSR count). The minimum absolute atomic E-state index is 0.222. The second-order valence-corrected chi connectivity index (χ2v) is 5.73. The van der Waals surface area contributed by atoms with Crippen LogP contribution in [0.5, 0.6) is 0 Å². The third-order valence-corrected chi connectivity index (χ3v) is 3.83. The van der Waals surface area contributed by atoms with Gasteiger partial charge in [-0.3, -0.25) is 0 Å². The van der Waals surface area contributed by atoms with Crippen molar-refractivity contribution in [1.82, 2.24) is 5.32 Å². The predicted octanol–water partition coefficient (Wildman–Crippen LogP) is 5.30. The average Bonchev–Trinajstić information content (AvgIpc) is 2.41. The van der Waals surface area contributed by atoms with Gasteiger partial charge in [0.05, 0.1) is 10.0 Å². The van der Waals surface area contributed by atoms with Crippen LogP contribution in [-0.4, -0.2) is 6.04 Å². The molecule has 4 heteroatoms. The number of hydrogen-bond acceptors (Lipinski definition) is 1. The van der Waals surface area contributed by atoms with Gasteiger partial charge in [0, 0.05) is 23.7 Å². The Morgan fingerprint density at radius 2 is 1.90 bits per heavy atom. The van der Waals surface area contributed by atoms with E-state index in [4.69, 9.17) is 23.2 Å². The van der Waals surface area contributed by atoms with Crippen molar-refractivity contribution in [1.29, 1.82) is 0 Å². The van der Waals surface area contributed by atoms with E-state index in [0.717, 1.165) is 11.1 Å². The van der Waals surface area contributed by atoms with Gasteiger partial charge in [-0.25, -0.2) is 4.39 Å². The van der Waals surface area contributed by atoms with Crippen LogP contribution in [0.4, 0.5) is 4.39 Å². The Hall–Kier alpha value is -1.09. The first-order valence-electron chi connectivity index (χ1n) is 6.45. The molecule has 0 fully saturated rings. The van der Waals surface area contributed by atoms with Crippen LogP contribution in [0.25, 0.3) is 11.1 Å². The van der Waals surface area contributed by atoms with Crippen molar-refractivity contribution < 1.29 is 4.39 Å². The molecule has 0 aliphatic rings. The molecule has 0 aliphatic heterocycles. The highest BCUT2D eigenvalue weighted by Crippen LogP contribution is 2.34. The Morgan fingerprint density at radius 1 is 1.15 bits per heavy atom. The zero-order valence-electron chi connectivity index (χ0n) is 11.4. The molecule has 0 aliphatic carbocycles. The average molecular weight is 312 g/mol. The van der Waals surface area contributed by atoms with Gasteiger partial charge in [0.1, 0.15) is 5.82 Å². The summed E-state index contributed by atoms with van der Waals surface area (Å²) in [4.78, 5) is 0. The molecule has 0 heterocycles. The van der Waals surface area contributed by atoms with Gasteiger partial charge >= 0.3 is 0 Å². The van der Waals surface area contributed by atoms with E-state index in [1.807, 2.05) is 32.0 Å². The van der Waals surface area contributed by atoms with Gasteiger partial charge in [-0.2, -0.15) is 0 Å². The van der Waals surface area contributed by atoms with Gasteiger partial charge in [0.25, 0.3) is 0 Å². The fourth-order valence-corrected chi connectivity index (χ4v) is 2.33. The number of nitrogens with one attached hydrogen (secondary N) is 1. The molecule has 0 spiro atoms. The molecule has 1 N–H and O–H groups in total. The van der Waals surface area contributed by atoms with Crippen molar-refractivity contribution in [3.05, 3.63) is 57.8 Å². The van der Waals surface area contributed by atoms with Crippen LogP contribution < -0.4 is 5.32 Å². The highest BCUT2D eigenvalue weighted by atomic mass is 35.5. The molecule has 2 aromatic carbocycles. The molecule has 0 amide bonds. The Morgan fingerprint density at radius 3 is 2.60 bits per heavy atom. The Bertz CT molecular complexity index is 611. The van der Waals surface area contributed by atoms with Crippen LogP contribution in [0.1, 0.15) is 19.4 Å². The van der Waals surface area contributed by atoms with Gasteiger partial charge in [-0.1, -0.05) is 55.2 Å². The van der Waals surface area contributed by atoms with Crippen LogP contribution in [0.2, 0.25) is 10.0 Å². The summed E-state index contributed by atoms with van der Waals surface area (Å²) in [5.74, 6) is -0.222. The lowest BCUT2D eigenvalue weighted by Crippen LogP contribution is -2.22. The molecular formula is C16H16Cl2FN. The van der Waals surface area contributed by atoms with Crippen molar-refractivity contribution in [3.63, 3.8) is 0 Å². The van der Waals surface area contributed by atoms with E-state index in [1.165, 1.54) is 6.07 Å². The molecule has 0 unspecified atom stereocenters. The molecule has 20 heavy (non-hydrogen) atoms. The molecule has 0 radical (unpaired) electrons. The fourth-order valence-electron chi connectivity index (χ4n) is 1.92. The second kappa shape index (κ2) is 6.57. The van der Waals surface area contributed by atoms with Crippen molar-refractivity contribution >= 4 is 23.2 Å². The van der Waals surface area contributed by atoms with Crippen molar-refractivity contribution in [2.75, 3.05) is 0 Å². The zero-order valence-corrected chi connectivity index (χ0v) is 12.9. The minimum atomic E-state index is -0.222. The number of rotatable bonds is 4. The molecule has 0 saturated heterocycles. The van der Waals surface area contributed by atoms with E-state index in [9.17, 15) is 4.39 Å². The number of hydrogen-bond donors (Lipinski definition) is 1. The molecule has 0 bridgehead atoms. The normalized spacial score (nSPS) is 11.1. The van der Waals surface area contributed by atoms with Gasteiger partial charge in [-0.15, -0.1) is 0 Å². The molecule has 1 nitrogen and oxygen atoms in total. The maximum Gasteiger partial charge on any atom is 0.127 e. The van der Waals surface area contributed by atoms with Gasteiger partial charge in [0.2, 0.25) is 0 Å². The predicted molar refractivity (Wildman–Crippen MR) is 83.8 cm³/mol. The van der Waals surface area contributed by atoms with E-state index in [1.54, 1.807) is 12.1 Å². The molecular weight excluding hydrogens is 296 g/mol. The van der Waals surface area contributed by atoms with Crippen LogP contribution in [0.3, 0.4) is 0 Å².